The molecule has 0 spiro atoms. The van der Waals surface area contributed by atoms with Crippen LogP contribution in [0.25, 0.3) is 0 Å². The van der Waals surface area contributed by atoms with Crippen molar-refractivity contribution < 1.29 is 9.18 Å². The van der Waals surface area contributed by atoms with Crippen LogP contribution in [0.3, 0.4) is 0 Å². The average molecular weight is 285 g/mol. The minimum atomic E-state index is -0.565. The Kier molecular flexibility index (Phi) is 3.15. The van der Waals surface area contributed by atoms with Gasteiger partial charge in [0.25, 0.3) is 0 Å². The van der Waals surface area contributed by atoms with Crippen LogP contribution in [0, 0.1) is 5.82 Å². The van der Waals surface area contributed by atoms with Crippen molar-refractivity contribution >= 4 is 21.7 Å². The normalized spacial score (nSPS) is 18.7. The van der Waals surface area contributed by atoms with Crippen molar-refractivity contribution in [2.24, 2.45) is 0 Å². The van der Waals surface area contributed by atoms with Gasteiger partial charge in [-0.25, -0.2) is 4.39 Å². The lowest BCUT2D eigenvalue weighted by atomic mass is 9.75. The van der Waals surface area contributed by atoms with Crippen molar-refractivity contribution in [3.05, 3.63) is 34.1 Å². The summed E-state index contributed by atoms with van der Waals surface area (Å²) < 4.78 is 14.6. The number of carbonyl (C=O) groups is 1. The molecule has 0 atom stereocenters. The van der Waals surface area contributed by atoms with Gasteiger partial charge in [0.2, 0.25) is 0 Å². The van der Waals surface area contributed by atoms with Gasteiger partial charge in [-0.3, -0.25) is 4.79 Å². The molecule has 3 heteroatoms. The molecule has 86 valence electrons. The van der Waals surface area contributed by atoms with Crippen LogP contribution in [0.5, 0.6) is 0 Å². The monoisotopic (exact) mass is 284 g/mol. The van der Waals surface area contributed by atoms with E-state index in [2.05, 4.69) is 15.9 Å². The van der Waals surface area contributed by atoms with Crippen LogP contribution < -0.4 is 0 Å². The third-order valence-corrected chi connectivity index (χ3v) is 4.07. The zero-order valence-electron chi connectivity index (χ0n) is 9.22. The highest BCUT2D eigenvalue weighted by atomic mass is 79.9. The maximum atomic E-state index is 13.9. The van der Waals surface area contributed by atoms with Crippen molar-refractivity contribution in [2.75, 3.05) is 0 Å². The molecule has 1 fully saturated rings. The van der Waals surface area contributed by atoms with Gasteiger partial charge in [0.1, 0.15) is 11.6 Å². The van der Waals surface area contributed by atoms with E-state index < -0.39 is 5.41 Å². The van der Waals surface area contributed by atoms with E-state index in [0.29, 0.717) is 10.0 Å². The van der Waals surface area contributed by atoms with Crippen LogP contribution in [0.1, 0.15) is 38.2 Å². The first-order valence-corrected chi connectivity index (χ1v) is 6.32. The van der Waals surface area contributed by atoms with Crippen molar-refractivity contribution in [2.45, 2.75) is 38.0 Å². The smallest absolute Gasteiger partial charge is 0.140 e. The number of hydrogen-bond acceptors (Lipinski definition) is 1. The number of carbonyl (C=O) groups excluding carboxylic acids is 1. The summed E-state index contributed by atoms with van der Waals surface area (Å²) in [5.74, 6) is -0.183. The number of rotatable bonds is 2. The van der Waals surface area contributed by atoms with Gasteiger partial charge >= 0.3 is 0 Å². The summed E-state index contributed by atoms with van der Waals surface area (Å²) in [5, 5.41) is 0. The Balaban J connectivity index is 2.51. The van der Waals surface area contributed by atoms with Crippen molar-refractivity contribution in [3.8, 4) is 0 Å². The highest BCUT2D eigenvalue weighted by molar-refractivity contribution is 9.10. The molecule has 16 heavy (non-hydrogen) atoms. The Hall–Kier alpha value is -0.700. The topological polar surface area (TPSA) is 17.1 Å². The van der Waals surface area contributed by atoms with Crippen LogP contribution >= 0.6 is 15.9 Å². The second kappa shape index (κ2) is 4.28. The van der Waals surface area contributed by atoms with E-state index in [1.54, 1.807) is 19.1 Å². The first-order valence-electron chi connectivity index (χ1n) is 5.53. The first-order chi connectivity index (χ1) is 7.56. The van der Waals surface area contributed by atoms with Gasteiger partial charge in [0.05, 0.1) is 5.41 Å². The third kappa shape index (κ3) is 1.81. The predicted octanol–water partition coefficient (Wildman–Crippen LogP) is 3.99. The SMILES string of the molecule is CC(=O)C1(c2ccc(Br)cc2F)CCCC1. The van der Waals surface area contributed by atoms with E-state index in [1.807, 2.05) is 0 Å². The molecule has 1 aliphatic carbocycles. The van der Waals surface area contributed by atoms with Gasteiger partial charge in [-0.15, -0.1) is 0 Å². The molecular formula is C13H14BrFO. The van der Waals surface area contributed by atoms with E-state index in [4.69, 9.17) is 0 Å². The maximum absolute atomic E-state index is 13.9. The Morgan fingerprint density at radius 3 is 2.50 bits per heavy atom. The predicted molar refractivity (Wildman–Crippen MR) is 64.9 cm³/mol. The summed E-state index contributed by atoms with van der Waals surface area (Å²) in [7, 11) is 0. The standard InChI is InChI=1S/C13H14BrFO/c1-9(16)13(6-2-3-7-13)11-5-4-10(14)8-12(11)15/h4-5,8H,2-3,6-7H2,1H3. The molecule has 0 amide bonds. The molecule has 0 saturated heterocycles. The second-order valence-corrected chi connectivity index (χ2v) is 5.39. The van der Waals surface area contributed by atoms with Gasteiger partial charge < -0.3 is 0 Å². The minimum Gasteiger partial charge on any atom is -0.299 e. The molecule has 1 aromatic carbocycles. The van der Waals surface area contributed by atoms with Crippen LogP contribution in [0.2, 0.25) is 0 Å². The lowest BCUT2D eigenvalue weighted by Crippen LogP contribution is -2.31. The summed E-state index contributed by atoms with van der Waals surface area (Å²) in [6, 6.07) is 4.99. The summed E-state index contributed by atoms with van der Waals surface area (Å²) in [5.41, 5.74) is 0.00539. The second-order valence-electron chi connectivity index (χ2n) is 4.47. The van der Waals surface area contributed by atoms with Crippen molar-refractivity contribution in [3.63, 3.8) is 0 Å². The summed E-state index contributed by atoms with van der Waals surface area (Å²) >= 11 is 3.23. The molecule has 2 rings (SSSR count). The van der Waals surface area contributed by atoms with Crippen molar-refractivity contribution in [1.29, 1.82) is 0 Å². The highest BCUT2D eigenvalue weighted by Crippen LogP contribution is 2.43. The van der Waals surface area contributed by atoms with Crippen LogP contribution in [0.15, 0.2) is 22.7 Å². The van der Waals surface area contributed by atoms with Crippen LogP contribution in [0.4, 0.5) is 4.39 Å². The Morgan fingerprint density at radius 1 is 1.38 bits per heavy atom. The van der Waals surface area contributed by atoms with E-state index in [1.165, 1.54) is 6.07 Å². The molecule has 0 aliphatic heterocycles. The maximum Gasteiger partial charge on any atom is 0.140 e. The van der Waals surface area contributed by atoms with Gasteiger partial charge in [0, 0.05) is 10.0 Å². The van der Waals surface area contributed by atoms with Crippen molar-refractivity contribution in [1.82, 2.24) is 0 Å². The molecule has 1 saturated carbocycles. The van der Waals surface area contributed by atoms with Gasteiger partial charge in [0.15, 0.2) is 0 Å². The third-order valence-electron chi connectivity index (χ3n) is 3.58. The lowest BCUT2D eigenvalue weighted by Gasteiger charge is -2.26. The molecule has 0 heterocycles. The summed E-state index contributed by atoms with van der Waals surface area (Å²) in [6.07, 6.45) is 3.58. The number of benzene rings is 1. The summed E-state index contributed by atoms with van der Waals surface area (Å²) in [4.78, 5) is 11.8. The van der Waals surface area contributed by atoms with Crippen LogP contribution in [-0.4, -0.2) is 5.78 Å². The first kappa shape index (κ1) is 11.8. The Bertz CT molecular complexity index is 422. The Labute approximate surface area is 103 Å². The molecule has 0 unspecified atom stereocenters. The summed E-state index contributed by atoms with van der Waals surface area (Å²) in [6.45, 7) is 1.58. The molecule has 0 aromatic heterocycles. The van der Waals surface area contributed by atoms with E-state index in [9.17, 15) is 9.18 Å². The molecule has 1 nitrogen and oxygen atoms in total. The zero-order valence-corrected chi connectivity index (χ0v) is 10.8. The number of Topliss-reactive ketones (excluding diaryl/α,β-unsaturated/α-hetero) is 1. The van der Waals surface area contributed by atoms with E-state index in [-0.39, 0.29) is 11.6 Å². The largest absolute Gasteiger partial charge is 0.299 e. The fourth-order valence-corrected chi connectivity index (χ4v) is 3.00. The van der Waals surface area contributed by atoms with Gasteiger partial charge in [-0.2, -0.15) is 0 Å². The van der Waals surface area contributed by atoms with Gasteiger partial charge in [-0.1, -0.05) is 34.8 Å². The minimum absolute atomic E-state index is 0.0891. The van der Waals surface area contributed by atoms with Crippen LogP contribution in [-0.2, 0) is 10.2 Å². The molecule has 0 bridgehead atoms. The number of hydrogen-bond donors (Lipinski definition) is 0. The number of ketones is 1. The molecule has 0 N–H and O–H groups in total. The van der Waals surface area contributed by atoms with E-state index in [0.717, 1.165) is 25.7 Å². The fourth-order valence-electron chi connectivity index (χ4n) is 2.67. The molecule has 1 aromatic rings. The fraction of sp³-hybridized carbons (Fsp3) is 0.462. The molecule has 1 aliphatic rings. The Morgan fingerprint density at radius 2 is 2.00 bits per heavy atom. The van der Waals surface area contributed by atoms with E-state index >= 15 is 0 Å². The molecule has 0 radical (unpaired) electrons. The quantitative estimate of drug-likeness (QED) is 0.803. The zero-order chi connectivity index (χ0) is 11.8. The lowest BCUT2D eigenvalue weighted by molar-refractivity contribution is -0.122. The van der Waals surface area contributed by atoms with Gasteiger partial charge in [-0.05, 0) is 31.9 Å². The highest BCUT2D eigenvalue weighted by Gasteiger charge is 2.41. The number of halogens is 2. The molecular weight excluding hydrogens is 271 g/mol. The average Bonchev–Trinajstić information content (AvgIpc) is 2.67.